The summed E-state index contributed by atoms with van der Waals surface area (Å²) in [4.78, 5) is 11.0. The molecule has 0 heterocycles. The molecule has 2 rings (SSSR count). The second-order valence-electron chi connectivity index (χ2n) is 3.28. The van der Waals surface area contributed by atoms with Gasteiger partial charge in [-0.15, -0.1) is 0 Å². The Morgan fingerprint density at radius 3 is 2.57 bits per heavy atom. The molecule has 2 aromatic carbocycles. The van der Waals surface area contributed by atoms with Crippen LogP contribution < -0.4 is 4.24 Å². The van der Waals surface area contributed by atoms with Gasteiger partial charge in [0.15, 0.2) is 0 Å². The van der Waals surface area contributed by atoms with Crippen molar-refractivity contribution in [2.45, 2.75) is 0 Å². The van der Waals surface area contributed by atoms with Gasteiger partial charge >= 0.3 is 90.6 Å². The third-order valence-corrected chi connectivity index (χ3v) is 2.35. The summed E-state index contributed by atoms with van der Waals surface area (Å²) >= 11 is 1.82. The Balaban J connectivity index is 2.90. The summed E-state index contributed by atoms with van der Waals surface area (Å²) in [5.41, 5.74) is 0.406. The maximum absolute atomic E-state index is 11.0. The van der Waals surface area contributed by atoms with Crippen LogP contribution in [0.1, 0.15) is 10.4 Å². The molecule has 2 nitrogen and oxygen atoms in total. The molecule has 0 amide bonds. The predicted octanol–water partition coefficient (Wildman–Crippen LogP) is 1.33. The fourth-order valence-electron chi connectivity index (χ4n) is 1.66. The van der Waals surface area contributed by atoms with Gasteiger partial charge in [-0.1, -0.05) is 0 Å². The summed E-state index contributed by atoms with van der Waals surface area (Å²) < 4.78 is 0.802. The average Bonchev–Trinajstić information content (AvgIpc) is 2.17. The summed E-state index contributed by atoms with van der Waals surface area (Å²) in [5.74, 6) is -0.862. The van der Waals surface area contributed by atoms with E-state index in [1.165, 1.54) is 0 Å². The number of benzene rings is 2. The van der Waals surface area contributed by atoms with Crippen molar-refractivity contribution in [1.29, 1.82) is 0 Å². The maximum atomic E-state index is 11.0. The molecule has 0 radical (unpaired) electrons. The second-order valence-corrected chi connectivity index (χ2v) is 3.28. The van der Waals surface area contributed by atoms with Crippen LogP contribution in [0.3, 0.4) is 0 Å². The fraction of sp³-hybridized carbons (Fsp3) is 0. The van der Waals surface area contributed by atoms with E-state index in [1.807, 2.05) is 54.1 Å². The molecule has 0 atom stereocenters. The molecular weight excluding hydrogens is 171 g/mol. The predicted molar refractivity (Wildman–Crippen MR) is 56.3 cm³/mol. The van der Waals surface area contributed by atoms with E-state index in [4.69, 9.17) is 5.11 Å². The Labute approximate surface area is 90.8 Å². The quantitative estimate of drug-likeness (QED) is 0.669. The molecule has 0 aliphatic carbocycles. The van der Waals surface area contributed by atoms with Crippen LogP contribution in [0.2, 0.25) is 0 Å². The number of rotatable bonds is 1. The van der Waals surface area contributed by atoms with Crippen LogP contribution >= 0.6 is 0 Å². The average molecular weight is 178 g/mol. The van der Waals surface area contributed by atoms with Gasteiger partial charge in [0.1, 0.15) is 0 Å². The van der Waals surface area contributed by atoms with Crippen molar-refractivity contribution in [2.24, 2.45) is 0 Å². The minimum atomic E-state index is -0.862. The molecule has 64 valence electrons. The summed E-state index contributed by atoms with van der Waals surface area (Å²) in [6.07, 6.45) is 0. The summed E-state index contributed by atoms with van der Waals surface area (Å²) in [7, 11) is 0. The summed E-state index contributed by atoms with van der Waals surface area (Å²) in [6, 6.07) is 11.3. The van der Waals surface area contributed by atoms with Gasteiger partial charge in [0.05, 0.1) is 0 Å². The van der Waals surface area contributed by atoms with Gasteiger partial charge in [0, 0.05) is 0 Å². The molecule has 1 N–H and O–H groups in total. The SMILES string of the molecule is [Li][c]1ccc2ccccc2c1C(=O)O. The molecule has 0 spiro atoms. The molecule has 0 unspecified atom stereocenters. The first-order valence-corrected chi connectivity index (χ1v) is 4.42. The zero-order valence-electron chi connectivity index (χ0n) is 7.82. The third-order valence-electron chi connectivity index (χ3n) is 2.35. The topological polar surface area (TPSA) is 37.3 Å². The van der Waals surface area contributed by atoms with E-state index in [0.717, 1.165) is 15.0 Å². The van der Waals surface area contributed by atoms with Gasteiger partial charge in [0.2, 0.25) is 0 Å². The molecule has 14 heavy (non-hydrogen) atoms. The molecule has 0 fully saturated rings. The normalized spacial score (nSPS) is 10.4. The fourth-order valence-corrected chi connectivity index (χ4v) is 1.66. The van der Waals surface area contributed by atoms with E-state index in [-0.39, 0.29) is 0 Å². The number of carbonyl (C=O) groups is 1. The zero-order valence-corrected chi connectivity index (χ0v) is 7.82. The van der Waals surface area contributed by atoms with Gasteiger partial charge in [-0.3, -0.25) is 0 Å². The van der Waals surface area contributed by atoms with Crippen LogP contribution in [0.25, 0.3) is 10.8 Å². The number of aromatic carboxylic acids is 1. The number of carboxylic acids is 1. The van der Waals surface area contributed by atoms with Gasteiger partial charge in [-0.05, 0) is 0 Å². The van der Waals surface area contributed by atoms with Gasteiger partial charge < -0.3 is 0 Å². The second kappa shape index (κ2) is 3.49. The van der Waals surface area contributed by atoms with Crippen LogP contribution in [0, 0.1) is 0 Å². The molecule has 0 saturated heterocycles. The van der Waals surface area contributed by atoms with Crippen molar-refractivity contribution in [2.75, 3.05) is 0 Å². The Kier molecular flexibility index (Phi) is 2.33. The molecule has 3 heteroatoms. The van der Waals surface area contributed by atoms with Crippen LogP contribution in [0.4, 0.5) is 0 Å². The van der Waals surface area contributed by atoms with E-state index >= 15 is 0 Å². The van der Waals surface area contributed by atoms with E-state index < -0.39 is 5.97 Å². The number of hydrogen-bond donors (Lipinski definition) is 1. The minimum absolute atomic E-state index is 0.406. The summed E-state index contributed by atoms with van der Waals surface area (Å²) in [5, 5.41) is 10.8. The van der Waals surface area contributed by atoms with Crippen LogP contribution in [-0.4, -0.2) is 28.8 Å². The number of hydrogen-bond acceptors (Lipinski definition) is 1. The first-order valence-electron chi connectivity index (χ1n) is 4.42. The van der Waals surface area contributed by atoms with Crippen LogP contribution in [-0.2, 0) is 0 Å². The van der Waals surface area contributed by atoms with Gasteiger partial charge in [0.25, 0.3) is 0 Å². The van der Waals surface area contributed by atoms with Gasteiger partial charge in [-0.2, -0.15) is 0 Å². The molecule has 0 bridgehead atoms. The third kappa shape index (κ3) is 1.43. The molecule has 0 aliphatic rings. The summed E-state index contributed by atoms with van der Waals surface area (Å²) in [6.45, 7) is 0. The van der Waals surface area contributed by atoms with Crippen molar-refractivity contribution in [3.05, 3.63) is 42.0 Å². The standard InChI is InChI=1S/C11H7O2.Li/c12-11(13)10-7-3-5-8-4-1-2-6-9(8)10;/h1-6H,(H,12,13);. The molecule has 2 aromatic rings. The Morgan fingerprint density at radius 1 is 1.14 bits per heavy atom. The molecule has 0 saturated carbocycles. The van der Waals surface area contributed by atoms with Crippen LogP contribution in [0.15, 0.2) is 36.4 Å². The Hall–Kier alpha value is -1.23. The van der Waals surface area contributed by atoms with Crippen molar-refractivity contribution >= 4 is 38.7 Å². The molecule has 0 aliphatic heterocycles. The van der Waals surface area contributed by atoms with E-state index in [0.29, 0.717) is 5.56 Å². The van der Waals surface area contributed by atoms with Crippen LogP contribution in [0.5, 0.6) is 0 Å². The van der Waals surface area contributed by atoms with E-state index in [2.05, 4.69) is 0 Å². The molecular formula is C11H7LiO2. The Morgan fingerprint density at radius 2 is 1.86 bits per heavy atom. The molecule has 0 aromatic heterocycles. The van der Waals surface area contributed by atoms with Crippen molar-refractivity contribution < 1.29 is 9.90 Å². The van der Waals surface area contributed by atoms with E-state index in [1.54, 1.807) is 0 Å². The first-order chi connectivity index (χ1) is 6.70. The Bertz CT molecular complexity index is 506. The van der Waals surface area contributed by atoms with Crippen molar-refractivity contribution in [3.8, 4) is 0 Å². The number of carboxylic acid groups (broad SMARTS) is 1. The van der Waals surface area contributed by atoms with Gasteiger partial charge in [-0.25, -0.2) is 0 Å². The monoisotopic (exact) mass is 178 g/mol. The number of fused-ring (bicyclic) bond motifs is 1. The van der Waals surface area contributed by atoms with Crippen molar-refractivity contribution in [1.82, 2.24) is 0 Å². The first kappa shape index (κ1) is 9.33. The van der Waals surface area contributed by atoms with E-state index in [9.17, 15) is 4.79 Å². The van der Waals surface area contributed by atoms with Crippen molar-refractivity contribution in [3.63, 3.8) is 0 Å². The zero-order chi connectivity index (χ0) is 10.1.